The van der Waals surface area contributed by atoms with Crippen LogP contribution in [-0.2, 0) is 6.18 Å². The van der Waals surface area contributed by atoms with Crippen LogP contribution in [0, 0.1) is 0 Å². The van der Waals surface area contributed by atoms with Crippen molar-refractivity contribution in [1.82, 2.24) is 0 Å². The molecule has 0 aliphatic heterocycles. The summed E-state index contributed by atoms with van der Waals surface area (Å²) in [7, 11) is 1.87. The molecule has 1 aromatic rings. The van der Waals surface area contributed by atoms with Crippen LogP contribution >= 0.6 is 20.7 Å². The molecule has 0 unspecified atom stereocenters. The number of hydrogen-bond donors (Lipinski definition) is 0. The predicted molar refractivity (Wildman–Crippen MR) is 27.2 cm³/mol. The highest BCUT2D eigenvalue weighted by atomic mass is 32.9. The first kappa shape index (κ1) is 6.10. The summed E-state index contributed by atoms with van der Waals surface area (Å²) in [6.07, 6.45) is -4.10. The fourth-order valence-electron chi connectivity index (χ4n) is 0.210. The van der Waals surface area contributed by atoms with E-state index in [9.17, 15) is 13.2 Å². The molecule has 1 rings (SSSR count). The molecular formula is C3HF3S2. The van der Waals surface area contributed by atoms with Crippen LogP contribution in [0.5, 0.6) is 0 Å². The Morgan fingerprint density at radius 1 is 1.38 bits per heavy atom. The SMILES string of the molecule is FC(F)(F)c1css1. The summed E-state index contributed by atoms with van der Waals surface area (Å²) in [5.74, 6) is 0. The zero-order valence-corrected chi connectivity index (χ0v) is 5.16. The van der Waals surface area contributed by atoms with Crippen LogP contribution in [0.25, 0.3) is 0 Å². The Morgan fingerprint density at radius 2 is 1.88 bits per heavy atom. The summed E-state index contributed by atoms with van der Waals surface area (Å²) in [5, 5.41) is 1.10. The predicted octanol–water partition coefficient (Wildman–Crippen LogP) is 2.83. The molecule has 0 atom stereocenters. The van der Waals surface area contributed by atoms with Gasteiger partial charge < -0.3 is 0 Å². The van der Waals surface area contributed by atoms with Gasteiger partial charge in [-0.3, -0.25) is 0 Å². The second-order valence-corrected chi connectivity index (χ2v) is 3.27. The average molecular weight is 158 g/mol. The van der Waals surface area contributed by atoms with E-state index in [1.54, 1.807) is 0 Å². The van der Waals surface area contributed by atoms with E-state index in [1.165, 1.54) is 0 Å². The molecule has 0 aromatic carbocycles. The molecule has 0 nitrogen and oxygen atoms in total. The number of rotatable bonds is 0. The third kappa shape index (κ3) is 1.03. The van der Waals surface area contributed by atoms with Crippen LogP contribution in [0.15, 0.2) is 5.38 Å². The molecule has 0 saturated heterocycles. The van der Waals surface area contributed by atoms with Gasteiger partial charge in [0.1, 0.15) is 4.88 Å². The standard InChI is InChI=1S/C3HF3S2/c4-3(5,6)2-1-7-8-2/h1H. The van der Waals surface area contributed by atoms with Crippen molar-refractivity contribution >= 4 is 20.7 Å². The summed E-state index contributed by atoms with van der Waals surface area (Å²) >= 11 is 0. The van der Waals surface area contributed by atoms with Gasteiger partial charge in [-0.25, -0.2) is 0 Å². The van der Waals surface area contributed by atoms with Crippen LogP contribution in [0.3, 0.4) is 0 Å². The second kappa shape index (κ2) is 1.73. The highest BCUT2D eigenvalue weighted by Gasteiger charge is 2.33. The monoisotopic (exact) mass is 158 g/mol. The Labute approximate surface area is 51.0 Å². The largest absolute Gasteiger partial charge is 0.427 e. The maximum Gasteiger partial charge on any atom is 0.427 e. The molecule has 0 spiro atoms. The summed E-state index contributed by atoms with van der Waals surface area (Å²) in [5.41, 5.74) is 0. The minimum atomic E-state index is -4.10. The molecule has 1 heterocycles. The normalized spacial score (nSPS) is 12.4. The van der Waals surface area contributed by atoms with Crippen molar-refractivity contribution in [3.05, 3.63) is 10.3 Å². The average Bonchev–Trinajstić information content (AvgIpc) is 1.16. The molecule has 0 fully saturated rings. The van der Waals surface area contributed by atoms with Crippen LogP contribution in [0.4, 0.5) is 13.2 Å². The minimum absolute atomic E-state index is 0.484. The van der Waals surface area contributed by atoms with Gasteiger partial charge in [0.25, 0.3) is 0 Å². The fourth-order valence-corrected chi connectivity index (χ4v) is 1.49. The zero-order chi connectivity index (χ0) is 6.20. The molecule has 0 bridgehead atoms. The molecule has 0 radical (unpaired) electrons. The van der Waals surface area contributed by atoms with Crippen molar-refractivity contribution in [3.63, 3.8) is 0 Å². The van der Waals surface area contributed by atoms with Crippen molar-refractivity contribution in [1.29, 1.82) is 0 Å². The van der Waals surface area contributed by atoms with Crippen molar-refractivity contribution < 1.29 is 13.2 Å². The van der Waals surface area contributed by atoms with Crippen molar-refractivity contribution in [3.8, 4) is 0 Å². The van der Waals surface area contributed by atoms with E-state index in [1.807, 2.05) is 0 Å². The van der Waals surface area contributed by atoms with Crippen molar-refractivity contribution in [2.24, 2.45) is 0 Å². The van der Waals surface area contributed by atoms with E-state index < -0.39 is 11.1 Å². The number of halogens is 3. The highest BCUT2D eigenvalue weighted by molar-refractivity contribution is 7.71. The van der Waals surface area contributed by atoms with Crippen molar-refractivity contribution in [2.75, 3.05) is 0 Å². The van der Waals surface area contributed by atoms with E-state index in [0.717, 1.165) is 26.1 Å². The van der Waals surface area contributed by atoms with Crippen LogP contribution in [0.1, 0.15) is 4.88 Å². The van der Waals surface area contributed by atoms with Crippen LogP contribution < -0.4 is 0 Å². The maximum absolute atomic E-state index is 11.4. The molecule has 1 aromatic heterocycles. The fraction of sp³-hybridized carbons (Fsp3) is 0.333. The molecule has 5 heteroatoms. The lowest BCUT2D eigenvalue weighted by atomic mass is 10.6. The van der Waals surface area contributed by atoms with E-state index in [4.69, 9.17) is 0 Å². The lowest BCUT2D eigenvalue weighted by Crippen LogP contribution is -2.02. The molecule has 0 N–H and O–H groups in total. The zero-order valence-electron chi connectivity index (χ0n) is 3.53. The first-order valence-electron chi connectivity index (χ1n) is 1.71. The molecule has 0 saturated carbocycles. The number of hydrogen-bond acceptors (Lipinski definition) is 2. The van der Waals surface area contributed by atoms with Crippen molar-refractivity contribution in [2.45, 2.75) is 6.18 Å². The van der Waals surface area contributed by atoms with Gasteiger partial charge in [0, 0.05) is 5.38 Å². The molecule has 46 valence electrons. The lowest BCUT2D eigenvalue weighted by molar-refractivity contribution is -0.134. The maximum atomic E-state index is 11.4. The van der Waals surface area contributed by atoms with Gasteiger partial charge in [-0.05, 0) is 0 Å². The Bertz CT molecular complexity index is 151. The number of alkyl halides is 3. The smallest absolute Gasteiger partial charge is 0.165 e. The van der Waals surface area contributed by atoms with E-state index in [0.29, 0.717) is 0 Å². The van der Waals surface area contributed by atoms with Crippen LogP contribution in [-0.4, -0.2) is 0 Å². The second-order valence-electron chi connectivity index (χ2n) is 1.16. The van der Waals surface area contributed by atoms with E-state index in [2.05, 4.69) is 0 Å². The first-order chi connectivity index (χ1) is 3.61. The van der Waals surface area contributed by atoms with Gasteiger partial charge in [0.05, 0.1) is 0 Å². The van der Waals surface area contributed by atoms with Gasteiger partial charge in [0.2, 0.25) is 0 Å². The molecular weight excluding hydrogens is 157 g/mol. The van der Waals surface area contributed by atoms with Gasteiger partial charge >= 0.3 is 6.18 Å². The third-order valence-electron chi connectivity index (χ3n) is 0.572. The topological polar surface area (TPSA) is 0 Å². The minimum Gasteiger partial charge on any atom is -0.165 e. The summed E-state index contributed by atoms with van der Waals surface area (Å²) in [4.78, 5) is -0.484. The Morgan fingerprint density at radius 3 is 1.88 bits per heavy atom. The quantitative estimate of drug-likeness (QED) is 0.509. The van der Waals surface area contributed by atoms with Crippen LogP contribution in [0.2, 0.25) is 0 Å². The van der Waals surface area contributed by atoms with E-state index in [-0.39, 0.29) is 0 Å². The van der Waals surface area contributed by atoms with E-state index >= 15 is 0 Å². The Balaban J connectivity index is 2.71. The Kier molecular flexibility index (Phi) is 1.32. The lowest BCUT2D eigenvalue weighted by Gasteiger charge is -2.04. The Hall–Kier alpha value is -0.0300. The van der Waals surface area contributed by atoms with Gasteiger partial charge in [0.15, 0.2) is 0 Å². The molecule has 8 heavy (non-hydrogen) atoms. The molecule has 0 amide bonds. The summed E-state index contributed by atoms with van der Waals surface area (Å²) in [6, 6.07) is 0. The molecule has 0 aliphatic rings. The summed E-state index contributed by atoms with van der Waals surface area (Å²) < 4.78 is 34.2. The first-order valence-corrected chi connectivity index (χ1v) is 3.93. The van der Waals surface area contributed by atoms with Gasteiger partial charge in [-0.2, -0.15) is 13.2 Å². The van der Waals surface area contributed by atoms with Gasteiger partial charge in [-0.1, -0.05) is 20.7 Å². The third-order valence-corrected chi connectivity index (χ3v) is 2.79. The van der Waals surface area contributed by atoms with Gasteiger partial charge in [-0.15, -0.1) is 0 Å². The molecule has 0 aliphatic carbocycles. The highest BCUT2D eigenvalue weighted by Crippen LogP contribution is 2.37. The summed E-state index contributed by atoms with van der Waals surface area (Å²) in [6.45, 7) is 0.